The van der Waals surface area contributed by atoms with Crippen LogP contribution in [-0.4, -0.2) is 12.6 Å². The fourth-order valence-electron chi connectivity index (χ4n) is 1.54. The molecule has 0 bridgehead atoms. The van der Waals surface area contributed by atoms with Gasteiger partial charge in [-0.25, -0.2) is 4.39 Å². The van der Waals surface area contributed by atoms with Gasteiger partial charge in [0.1, 0.15) is 5.82 Å². The molecule has 0 aromatic heterocycles. The summed E-state index contributed by atoms with van der Waals surface area (Å²) in [5, 5.41) is 3.19. The van der Waals surface area contributed by atoms with Gasteiger partial charge in [-0.3, -0.25) is 0 Å². The maximum Gasteiger partial charge on any atom is 0.419 e. The summed E-state index contributed by atoms with van der Waals surface area (Å²) in [7, 11) is 0. The van der Waals surface area contributed by atoms with Crippen LogP contribution in [0, 0.1) is 5.82 Å². The molecule has 0 fully saturated rings. The fourth-order valence-corrected chi connectivity index (χ4v) is 1.54. The second-order valence-corrected chi connectivity index (χ2v) is 4.54. The predicted octanol–water partition coefficient (Wildman–Crippen LogP) is 4.25. The highest BCUT2D eigenvalue weighted by atomic mass is 19.4. The van der Waals surface area contributed by atoms with Crippen molar-refractivity contribution in [3.63, 3.8) is 0 Å². The average molecular weight is 275 g/mol. The number of nitrogens with one attached hydrogen (secondary N) is 1. The molecule has 1 N–H and O–H groups in total. The molecular formula is C14H17F4N. The zero-order chi connectivity index (χ0) is 14.5. The van der Waals surface area contributed by atoms with Gasteiger partial charge in [-0.2, -0.15) is 13.2 Å². The van der Waals surface area contributed by atoms with Crippen molar-refractivity contribution in [2.75, 3.05) is 6.54 Å². The molecule has 19 heavy (non-hydrogen) atoms. The maximum atomic E-state index is 13.0. The normalized spacial score (nSPS) is 12.6. The first kappa shape index (κ1) is 15.7. The molecule has 1 nitrogen and oxygen atoms in total. The Kier molecular flexibility index (Phi) is 5.54. The van der Waals surface area contributed by atoms with Crippen molar-refractivity contribution in [3.05, 3.63) is 41.2 Å². The zero-order valence-corrected chi connectivity index (χ0v) is 10.9. The summed E-state index contributed by atoms with van der Waals surface area (Å²) in [6.07, 6.45) is -0.622. The number of hydrogen-bond acceptors (Lipinski definition) is 1. The van der Waals surface area contributed by atoms with Crippen LogP contribution in [0.3, 0.4) is 0 Å². The van der Waals surface area contributed by atoms with Crippen LogP contribution in [0.25, 0.3) is 6.08 Å². The number of halogens is 4. The van der Waals surface area contributed by atoms with Crippen molar-refractivity contribution in [2.24, 2.45) is 0 Å². The maximum absolute atomic E-state index is 13.0. The average Bonchev–Trinajstić information content (AvgIpc) is 2.28. The standard InChI is InChI=1S/C14H17F4N/c1-10(2)19-8-4-3-5-11-6-7-13(15)12(9-11)14(16,17)18/h3,5-7,9-10,19H,4,8H2,1-2H3/b5-3+. The molecule has 0 spiro atoms. The number of rotatable bonds is 5. The first-order chi connectivity index (χ1) is 8.80. The number of alkyl halides is 3. The summed E-state index contributed by atoms with van der Waals surface area (Å²) in [5.41, 5.74) is -0.881. The zero-order valence-electron chi connectivity index (χ0n) is 10.9. The van der Waals surface area contributed by atoms with Gasteiger partial charge in [0.25, 0.3) is 0 Å². The Morgan fingerprint density at radius 1 is 1.26 bits per heavy atom. The van der Waals surface area contributed by atoms with Gasteiger partial charge < -0.3 is 5.32 Å². The second-order valence-electron chi connectivity index (χ2n) is 4.54. The Bertz CT molecular complexity index is 436. The van der Waals surface area contributed by atoms with E-state index >= 15 is 0 Å². The van der Waals surface area contributed by atoms with Gasteiger partial charge in [-0.1, -0.05) is 32.1 Å². The Morgan fingerprint density at radius 2 is 1.95 bits per heavy atom. The van der Waals surface area contributed by atoms with Gasteiger partial charge in [0.05, 0.1) is 5.56 Å². The molecule has 0 amide bonds. The molecule has 106 valence electrons. The monoisotopic (exact) mass is 275 g/mol. The van der Waals surface area contributed by atoms with Gasteiger partial charge in [0.15, 0.2) is 0 Å². The van der Waals surface area contributed by atoms with E-state index in [9.17, 15) is 17.6 Å². The van der Waals surface area contributed by atoms with E-state index in [0.717, 1.165) is 18.7 Å². The van der Waals surface area contributed by atoms with E-state index in [0.29, 0.717) is 18.0 Å². The van der Waals surface area contributed by atoms with Crippen LogP contribution < -0.4 is 5.32 Å². The van der Waals surface area contributed by atoms with Crippen molar-refractivity contribution >= 4 is 6.08 Å². The van der Waals surface area contributed by atoms with Crippen LogP contribution in [0.5, 0.6) is 0 Å². The molecule has 0 atom stereocenters. The third-order valence-corrected chi connectivity index (χ3v) is 2.47. The Hall–Kier alpha value is -1.36. The van der Waals surface area contributed by atoms with Crippen LogP contribution in [0.4, 0.5) is 17.6 Å². The van der Waals surface area contributed by atoms with Crippen LogP contribution >= 0.6 is 0 Å². The largest absolute Gasteiger partial charge is 0.419 e. The molecule has 1 aromatic carbocycles. The first-order valence-corrected chi connectivity index (χ1v) is 6.07. The van der Waals surface area contributed by atoms with Gasteiger partial charge in [-0.15, -0.1) is 0 Å². The number of hydrogen-bond donors (Lipinski definition) is 1. The molecule has 1 rings (SSSR count). The van der Waals surface area contributed by atoms with Crippen molar-refractivity contribution in [1.82, 2.24) is 5.32 Å². The minimum absolute atomic E-state index is 0.346. The summed E-state index contributed by atoms with van der Waals surface area (Å²) < 4.78 is 50.5. The molecule has 0 aliphatic rings. The topological polar surface area (TPSA) is 12.0 Å². The first-order valence-electron chi connectivity index (χ1n) is 6.07. The Morgan fingerprint density at radius 3 is 2.53 bits per heavy atom. The minimum Gasteiger partial charge on any atom is -0.314 e. The summed E-state index contributed by atoms with van der Waals surface area (Å²) in [4.78, 5) is 0. The number of benzene rings is 1. The molecule has 0 aliphatic carbocycles. The van der Waals surface area contributed by atoms with Gasteiger partial charge in [0, 0.05) is 6.04 Å². The molecule has 0 saturated heterocycles. The fraction of sp³-hybridized carbons (Fsp3) is 0.429. The lowest BCUT2D eigenvalue weighted by atomic mass is 10.1. The van der Waals surface area contributed by atoms with Crippen molar-refractivity contribution in [1.29, 1.82) is 0 Å². The third-order valence-electron chi connectivity index (χ3n) is 2.47. The lowest BCUT2D eigenvalue weighted by Gasteiger charge is -2.08. The van der Waals surface area contributed by atoms with E-state index in [1.807, 2.05) is 13.8 Å². The predicted molar refractivity (Wildman–Crippen MR) is 68.2 cm³/mol. The summed E-state index contributed by atoms with van der Waals surface area (Å²) in [6.45, 7) is 4.78. The van der Waals surface area contributed by atoms with E-state index in [2.05, 4.69) is 5.32 Å². The lowest BCUT2D eigenvalue weighted by Crippen LogP contribution is -2.23. The Labute approximate surface area is 110 Å². The molecule has 1 aromatic rings. The third kappa shape index (κ3) is 5.42. The van der Waals surface area contributed by atoms with Crippen LogP contribution in [0.2, 0.25) is 0 Å². The lowest BCUT2D eigenvalue weighted by molar-refractivity contribution is -0.140. The smallest absolute Gasteiger partial charge is 0.314 e. The highest BCUT2D eigenvalue weighted by Crippen LogP contribution is 2.32. The molecule has 0 heterocycles. The van der Waals surface area contributed by atoms with Crippen LogP contribution in [-0.2, 0) is 6.18 Å². The highest BCUT2D eigenvalue weighted by Gasteiger charge is 2.33. The SMILES string of the molecule is CC(C)NCC/C=C/c1ccc(F)c(C(F)(F)F)c1. The van der Waals surface area contributed by atoms with E-state index in [4.69, 9.17) is 0 Å². The molecule has 0 saturated carbocycles. The van der Waals surface area contributed by atoms with Crippen molar-refractivity contribution < 1.29 is 17.6 Å². The molecular weight excluding hydrogens is 258 g/mol. The second kappa shape index (κ2) is 6.70. The van der Waals surface area contributed by atoms with Crippen molar-refractivity contribution in [2.45, 2.75) is 32.5 Å². The van der Waals surface area contributed by atoms with E-state index < -0.39 is 17.6 Å². The minimum atomic E-state index is -4.66. The molecule has 5 heteroatoms. The van der Waals surface area contributed by atoms with E-state index in [1.54, 1.807) is 12.2 Å². The van der Waals surface area contributed by atoms with Gasteiger partial charge in [0.2, 0.25) is 0 Å². The summed E-state index contributed by atoms with van der Waals surface area (Å²) in [5.74, 6) is -1.24. The van der Waals surface area contributed by atoms with Crippen molar-refractivity contribution in [3.8, 4) is 0 Å². The summed E-state index contributed by atoms with van der Waals surface area (Å²) >= 11 is 0. The van der Waals surface area contributed by atoms with Crippen LogP contribution in [0.1, 0.15) is 31.4 Å². The molecule has 0 unspecified atom stereocenters. The Balaban J connectivity index is 2.67. The van der Waals surface area contributed by atoms with Gasteiger partial charge in [-0.05, 0) is 30.7 Å². The van der Waals surface area contributed by atoms with Gasteiger partial charge >= 0.3 is 6.18 Å². The summed E-state index contributed by atoms with van der Waals surface area (Å²) in [6, 6.07) is 3.36. The quantitative estimate of drug-likeness (QED) is 0.626. The van der Waals surface area contributed by atoms with E-state index in [1.165, 1.54) is 6.07 Å². The highest BCUT2D eigenvalue weighted by molar-refractivity contribution is 5.50. The van der Waals surface area contributed by atoms with E-state index in [-0.39, 0.29) is 0 Å². The molecule has 0 aliphatic heterocycles. The van der Waals surface area contributed by atoms with Crippen LogP contribution in [0.15, 0.2) is 24.3 Å². The molecule has 0 radical (unpaired) electrons.